The second-order valence-corrected chi connectivity index (χ2v) is 21.0. The standard InChI is InChI=1S/C60H106NO7P/c1-6-8-10-12-14-16-18-20-22-24-26-28-29-30-31-32-34-36-38-40-42-44-46-48-50-52-55-65-57-59(58-67-69(63,64)66-56-54-61(3,4)5)68-60(62)53-51-49-47-45-43-41-39-37-35-33-27-25-23-21-19-17-15-13-11-9-7-2/h8-11,14-17,20-23,26-28,33,59H,6-7,12-13,18-19,24-25,29-32,34-58H2,1-5H3/p+1/b10-8-,11-9-,16-14-,17-15-,22-20-,23-21-,28-26-,33-27-. The van der Waals surface area contributed by atoms with E-state index in [1.54, 1.807) is 0 Å². The van der Waals surface area contributed by atoms with Crippen LogP contribution in [0.1, 0.15) is 219 Å². The van der Waals surface area contributed by atoms with Crippen LogP contribution >= 0.6 is 7.82 Å². The molecule has 1 N–H and O–H groups in total. The van der Waals surface area contributed by atoms with Gasteiger partial charge in [0.1, 0.15) is 19.3 Å². The second kappa shape index (κ2) is 51.8. The van der Waals surface area contributed by atoms with Gasteiger partial charge in [-0.05, 0) is 89.9 Å². The van der Waals surface area contributed by atoms with Crippen LogP contribution < -0.4 is 0 Å². The van der Waals surface area contributed by atoms with Crippen molar-refractivity contribution in [2.75, 3.05) is 54.1 Å². The summed E-state index contributed by atoms with van der Waals surface area (Å²) in [7, 11) is 1.65. The Morgan fingerprint density at radius 3 is 1.19 bits per heavy atom. The van der Waals surface area contributed by atoms with Crippen LogP contribution in [-0.4, -0.2) is 75.6 Å². The van der Waals surface area contributed by atoms with Crippen molar-refractivity contribution < 1.29 is 37.3 Å². The van der Waals surface area contributed by atoms with E-state index in [0.717, 1.165) is 89.9 Å². The average Bonchev–Trinajstić information content (AvgIpc) is 3.31. The van der Waals surface area contributed by atoms with Crippen LogP contribution in [0.15, 0.2) is 97.2 Å². The quantitative estimate of drug-likeness (QED) is 0.0213. The fraction of sp³-hybridized carbons (Fsp3) is 0.717. The monoisotopic (exact) mass is 985 g/mol. The summed E-state index contributed by atoms with van der Waals surface area (Å²) in [5.41, 5.74) is 0. The molecular weight excluding hydrogens is 878 g/mol. The zero-order chi connectivity index (χ0) is 50.5. The lowest BCUT2D eigenvalue weighted by Crippen LogP contribution is -2.37. The third-order valence-electron chi connectivity index (χ3n) is 11.6. The Bertz CT molecular complexity index is 1420. The van der Waals surface area contributed by atoms with Crippen molar-refractivity contribution in [3.05, 3.63) is 97.2 Å². The van der Waals surface area contributed by atoms with E-state index in [1.165, 1.54) is 109 Å². The number of ether oxygens (including phenoxy) is 2. The van der Waals surface area contributed by atoms with Crippen molar-refractivity contribution in [3.8, 4) is 0 Å². The smallest absolute Gasteiger partial charge is 0.457 e. The van der Waals surface area contributed by atoms with Gasteiger partial charge in [-0.3, -0.25) is 13.8 Å². The average molecular weight is 985 g/mol. The number of nitrogens with zero attached hydrogens (tertiary/aromatic N) is 1. The number of unbranched alkanes of at least 4 members (excludes halogenated alkanes) is 21. The van der Waals surface area contributed by atoms with Crippen molar-refractivity contribution in [2.45, 2.75) is 225 Å². The zero-order valence-corrected chi connectivity index (χ0v) is 46.2. The van der Waals surface area contributed by atoms with Crippen LogP contribution in [-0.2, 0) is 27.9 Å². The number of phosphoric acid groups is 1. The summed E-state index contributed by atoms with van der Waals surface area (Å²) >= 11 is 0. The molecule has 0 rings (SSSR count). The maximum absolute atomic E-state index is 12.8. The Morgan fingerprint density at radius 2 is 0.797 bits per heavy atom. The number of quaternary nitrogens is 1. The van der Waals surface area contributed by atoms with Gasteiger partial charge >= 0.3 is 13.8 Å². The molecule has 69 heavy (non-hydrogen) atoms. The first kappa shape index (κ1) is 66.4. The highest BCUT2D eigenvalue weighted by molar-refractivity contribution is 7.47. The van der Waals surface area contributed by atoms with Crippen molar-refractivity contribution >= 4 is 13.8 Å². The van der Waals surface area contributed by atoms with E-state index < -0.39 is 13.9 Å². The maximum atomic E-state index is 12.8. The molecule has 2 unspecified atom stereocenters. The molecule has 0 bridgehead atoms. The predicted octanol–water partition coefficient (Wildman–Crippen LogP) is 17.7. The van der Waals surface area contributed by atoms with Gasteiger partial charge in [0.15, 0.2) is 0 Å². The van der Waals surface area contributed by atoms with Crippen LogP contribution in [0, 0.1) is 0 Å². The summed E-state index contributed by atoms with van der Waals surface area (Å²) in [6.45, 7) is 5.39. The number of likely N-dealkylation sites (N-methyl/N-ethyl adjacent to an activating group) is 1. The van der Waals surface area contributed by atoms with Crippen molar-refractivity contribution in [1.29, 1.82) is 0 Å². The minimum atomic E-state index is -4.29. The molecule has 9 heteroatoms. The number of esters is 1. The third kappa shape index (κ3) is 56.2. The highest BCUT2D eigenvalue weighted by Crippen LogP contribution is 2.43. The lowest BCUT2D eigenvalue weighted by Gasteiger charge is -2.24. The second-order valence-electron chi connectivity index (χ2n) is 19.6. The van der Waals surface area contributed by atoms with Gasteiger partial charge in [0.05, 0.1) is 34.4 Å². The summed E-state index contributed by atoms with van der Waals surface area (Å²) < 4.78 is 35.2. The van der Waals surface area contributed by atoms with Gasteiger partial charge in [-0.1, -0.05) is 220 Å². The van der Waals surface area contributed by atoms with E-state index in [-0.39, 0.29) is 25.8 Å². The van der Waals surface area contributed by atoms with E-state index in [2.05, 4.69) is 111 Å². The molecule has 0 aliphatic heterocycles. The van der Waals surface area contributed by atoms with Gasteiger partial charge in [0.25, 0.3) is 0 Å². The molecule has 0 saturated heterocycles. The Kier molecular flexibility index (Phi) is 49.8. The van der Waals surface area contributed by atoms with Crippen LogP contribution in [0.5, 0.6) is 0 Å². The fourth-order valence-corrected chi connectivity index (χ4v) is 8.16. The summed E-state index contributed by atoms with van der Waals surface area (Å²) in [4.78, 5) is 23.1. The van der Waals surface area contributed by atoms with E-state index in [0.29, 0.717) is 24.1 Å². The molecule has 0 fully saturated rings. The van der Waals surface area contributed by atoms with Crippen LogP contribution in [0.25, 0.3) is 0 Å². The molecule has 0 amide bonds. The van der Waals surface area contributed by atoms with Gasteiger partial charge in [-0.15, -0.1) is 0 Å². The van der Waals surface area contributed by atoms with Crippen molar-refractivity contribution in [1.82, 2.24) is 0 Å². The van der Waals surface area contributed by atoms with E-state index in [4.69, 9.17) is 18.5 Å². The number of hydrogen-bond acceptors (Lipinski definition) is 6. The lowest BCUT2D eigenvalue weighted by molar-refractivity contribution is -0.870. The van der Waals surface area contributed by atoms with E-state index >= 15 is 0 Å². The van der Waals surface area contributed by atoms with Crippen LogP contribution in [0.4, 0.5) is 0 Å². The maximum Gasteiger partial charge on any atom is 0.472 e. The van der Waals surface area contributed by atoms with E-state index in [1.807, 2.05) is 21.1 Å². The van der Waals surface area contributed by atoms with Gasteiger partial charge in [-0.2, -0.15) is 0 Å². The highest BCUT2D eigenvalue weighted by atomic mass is 31.2. The Balaban J connectivity index is 4.11. The number of phosphoric ester groups is 1. The number of carbonyl (C=O) groups is 1. The van der Waals surface area contributed by atoms with Gasteiger partial charge in [-0.25, -0.2) is 4.57 Å². The van der Waals surface area contributed by atoms with Gasteiger partial charge in [0.2, 0.25) is 0 Å². The molecule has 0 aliphatic carbocycles. The minimum Gasteiger partial charge on any atom is -0.457 e. The number of allylic oxidation sites excluding steroid dienone is 16. The molecule has 8 nitrogen and oxygen atoms in total. The SMILES string of the molecule is CC/C=C\C/C=C\C/C=C\C/C=C\CCCCCCCCCCCCCCCOCC(COP(=O)(O)OCC[N+](C)(C)C)OC(=O)CCCCCCCCCC/C=C\C/C=C\C/C=C\C/C=C\CC. The minimum absolute atomic E-state index is 0.0822. The Morgan fingerprint density at radius 1 is 0.449 bits per heavy atom. The molecule has 0 aliphatic rings. The van der Waals surface area contributed by atoms with Crippen molar-refractivity contribution in [3.63, 3.8) is 0 Å². The van der Waals surface area contributed by atoms with E-state index in [9.17, 15) is 14.3 Å². The fourth-order valence-electron chi connectivity index (χ4n) is 7.42. The largest absolute Gasteiger partial charge is 0.472 e. The Hall–Kier alpha value is -2.58. The summed E-state index contributed by atoms with van der Waals surface area (Å²) in [5, 5.41) is 0. The first-order valence-corrected chi connectivity index (χ1v) is 29.5. The van der Waals surface area contributed by atoms with Crippen LogP contribution in [0.3, 0.4) is 0 Å². The first-order valence-electron chi connectivity index (χ1n) is 28.0. The van der Waals surface area contributed by atoms with Gasteiger partial charge in [0, 0.05) is 13.0 Å². The predicted molar refractivity (Wildman–Crippen MR) is 298 cm³/mol. The molecule has 0 radical (unpaired) electrons. The molecule has 0 aromatic heterocycles. The molecule has 0 spiro atoms. The number of hydrogen-bond donors (Lipinski definition) is 1. The molecular formula is C60H107NO7P+. The summed E-state index contributed by atoms with van der Waals surface area (Å²) in [5.74, 6) is -0.324. The summed E-state index contributed by atoms with van der Waals surface area (Å²) in [6, 6.07) is 0. The third-order valence-corrected chi connectivity index (χ3v) is 12.6. The molecule has 0 aromatic rings. The number of carbonyl (C=O) groups excluding carboxylic acids is 1. The molecule has 0 heterocycles. The zero-order valence-electron chi connectivity index (χ0n) is 45.3. The normalized spacial score (nSPS) is 14.2. The first-order chi connectivity index (χ1) is 33.6. The van der Waals surface area contributed by atoms with Gasteiger partial charge < -0.3 is 18.9 Å². The number of rotatable bonds is 51. The topological polar surface area (TPSA) is 91.3 Å². The molecule has 0 saturated carbocycles. The molecule has 2 atom stereocenters. The Labute approximate surface area is 426 Å². The lowest BCUT2D eigenvalue weighted by atomic mass is 10.0. The summed E-state index contributed by atoms with van der Waals surface area (Å²) in [6.07, 6.45) is 71.8. The molecule has 0 aromatic carbocycles. The van der Waals surface area contributed by atoms with Crippen LogP contribution in [0.2, 0.25) is 0 Å². The highest BCUT2D eigenvalue weighted by Gasteiger charge is 2.26. The molecule has 398 valence electrons. The van der Waals surface area contributed by atoms with Crippen molar-refractivity contribution in [2.24, 2.45) is 0 Å².